The summed E-state index contributed by atoms with van der Waals surface area (Å²) >= 11 is 0. The van der Waals surface area contributed by atoms with E-state index in [1.165, 1.54) is 0 Å². The largest absolute Gasteiger partial charge is 0.388 e. The standard InChI is InChI=1S/C24H28N2O2/c27-21(15-7-3-1-4-8-15)23-11-20-24(22(28)16-9-5-2-6-10-16)12-19(23)25-14-18(24)17(23)13-26-20/h1-10,17-22,25-28H,11-14H2/t17-,18+,19-,20+,21+,22-,23-,24+. The van der Waals surface area contributed by atoms with Gasteiger partial charge in [0.2, 0.25) is 0 Å². The van der Waals surface area contributed by atoms with Crippen molar-refractivity contribution in [2.24, 2.45) is 22.7 Å². The Morgan fingerprint density at radius 3 is 1.46 bits per heavy atom. The van der Waals surface area contributed by atoms with Crippen molar-refractivity contribution in [1.29, 1.82) is 0 Å². The number of fused-ring (bicyclic) bond motifs is 2. The number of benzene rings is 2. The van der Waals surface area contributed by atoms with Gasteiger partial charge in [0.15, 0.2) is 0 Å². The van der Waals surface area contributed by atoms with Gasteiger partial charge < -0.3 is 20.8 Å². The number of piperidine rings is 4. The zero-order chi connectivity index (χ0) is 18.9. The quantitative estimate of drug-likeness (QED) is 0.662. The Balaban J connectivity index is 1.44. The summed E-state index contributed by atoms with van der Waals surface area (Å²) in [6.07, 6.45) is 0.920. The molecule has 7 fully saturated rings. The maximum atomic E-state index is 11.6. The predicted octanol–water partition coefficient (Wildman–Crippen LogP) is 2.41. The number of hydrogen-bond donors (Lipinski definition) is 4. The van der Waals surface area contributed by atoms with Crippen LogP contribution in [0.5, 0.6) is 0 Å². The van der Waals surface area contributed by atoms with Gasteiger partial charge >= 0.3 is 0 Å². The molecule has 3 aliphatic carbocycles. The summed E-state index contributed by atoms with van der Waals surface area (Å²) < 4.78 is 0. The van der Waals surface area contributed by atoms with Crippen molar-refractivity contribution in [3.8, 4) is 0 Å². The second-order valence-electron chi connectivity index (χ2n) is 9.39. The van der Waals surface area contributed by atoms with Gasteiger partial charge in [-0.15, -0.1) is 0 Å². The van der Waals surface area contributed by atoms with E-state index in [4.69, 9.17) is 0 Å². The summed E-state index contributed by atoms with van der Waals surface area (Å²) in [7, 11) is 0. The molecule has 0 aromatic heterocycles. The molecule has 8 atom stereocenters. The van der Waals surface area contributed by atoms with Crippen molar-refractivity contribution in [1.82, 2.24) is 10.6 Å². The summed E-state index contributed by atoms with van der Waals surface area (Å²) in [5.41, 5.74) is 1.77. The monoisotopic (exact) mass is 376 g/mol. The minimum absolute atomic E-state index is 0.141. The SMILES string of the molecule is O[C@H](c1ccccc1)[C@@]12C[C@H]3NC[C@H]1[C@H]1CN[C@H]2C[C@@]13[C@@H](O)c1ccccc1. The average Bonchev–Trinajstić information content (AvgIpc) is 2.79. The molecule has 0 unspecified atom stereocenters. The predicted molar refractivity (Wildman–Crippen MR) is 107 cm³/mol. The molecule has 7 aliphatic rings. The van der Waals surface area contributed by atoms with Crippen LogP contribution in [-0.2, 0) is 0 Å². The fourth-order valence-corrected chi connectivity index (χ4v) is 7.57. The van der Waals surface area contributed by atoms with Crippen molar-refractivity contribution in [2.75, 3.05) is 13.1 Å². The first-order chi connectivity index (χ1) is 13.7. The molecule has 2 aromatic carbocycles. The van der Waals surface area contributed by atoms with Gasteiger partial charge in [0, 0.05) is 22.9 Å². The van der Waals surface area contributed by atoms with Crippen LogP contribution < -0.4 is 10.6 Å². The zero-order valence-electron chi connectivity index (χ0n) is 16.0. The number of rotatable bonds is 4. The van der Waals surface area contributed by atoms with Crippen molar-refractivity contribution in [2.45, 2.75) is 37.1 Å². The summed E-state index contributed by atoms with van der Waals surface area (Å²) in [6, 6.07) is 20.8. The summed E-state index contributed by atoms with van der Waals surface area (Å²) in [4.78, 5) is 0. The van der Waals surface area contributed by atoms with Gasteiger partial charge in [0.05, 0.1) is 12.2 Å². The summed E-state index contributed by atoms with van der Waals surface area (Å²) in [6.45, 7) is 1.89. The lowest BCUT2D eigenvalue weighted by Crippen LogP contribution is -2.84. The third-order valence-corrected chi connectivity index (χ3v) is 8.70. The fourth-order valence-electron chi connectivity index (χ4n) is 7.57. The van der Waals surface area contributed by atoms with E-state index in [0.29, 0.717) is 11.8 Å². The number of aliphatic hydroxyl groups excluding tert-OH is 2. The van der Waals surface area contributed by atoms with Crippen molar-refractivity contribution in [3.05, 3.63) is 71.8 Å². The van der Waals surface area contributed by atoms with Crippen LogP contribution in [0.15, 0.2) is 60.7 Å². The fraction of sp³-hybridized carbons (Fsp3) is 0.500. The molecule has 4 heterocycles. The van der Waals surface area contributed by atoms with E-state index in [1.54, 1.807) is 0 Å². The third kappa shape index (κ3) is 1.94. The van der Waals surface area contributed by atoms with Crippen molar-refractivity contribution >= 4 is 0 Å². The van der Waals surface area contributed by atoms with Crippen molar-refractivity contribution in [3.63, 3.8) is 0 Å². The highest BCUT2D eigenvalue weighted by molar-refractivity contribution is 5.34. The molecule has 4 saturated heterocycles. The number of hydrogen-bond acceptors (Lipinski definition) is 4. The van der Waals surface area contributed by atoms with E-state index in [-0.39, 0.29) is 22.9 Å². The third-order valence-electron chi connectivity index (χ3n) is 8.70. The van der Waals surface area contributed by atoms with Crippen LogP contribution in [0.2, 0.25) is 0 Å². The average molecular weight is 377 g/mol. The lowest BCUT2D eigenvalue weighted by Gasteiger charge is -2.77. The van der Waals surface area contributed by atoms with Gasteiger partial charge in [0.1, 0.15) is 0 Å². The second kappa shape index (κ2) is 5.90. The Morgan fingerprint density at radius 1 is 0.679 bits per heavy atom. The van der Waals surface area contributed by atoms with Gasteiger partial charge in [-0.25, -0.2) is 0 Å². The lowest BCUT2D eigenvalue weighted by atomic mass is 9.34. The molecular formula is C24H28N2O2. The Kier molecular flexibility index (Phi) is 3.61. The van der Waals surface area contributed by atoms with Crippen LogP contribution in [0.4, 0.5) is 0 Å². The molecule has 0 amide bonds. The van der Waals surface area contributed by atoms with Crippen LogP contribution >= 0.6 is 0 Å². The first-order valence-corrected chi connectivity index (χ1v) is 10.6. The van der Waals surface area contributed by atoms with Crippen LogP contribution in [0.3, 0.4) is 0 Å². The summed E-state index contributed by atoms with van der Waals surface area (Å²) in [5.74, 6) is 0.761. The summed E-state index contributed by atoms with van der Waals surface area (Å²) in [5, 5.41) is 30.7. The van der Waals surface area contributed by atoms with Gasteiger partial charge in [-0.2, -0.15) is 0 Å². The first kappa shape index (κ1) is 17.2. The minimum Gasteiger partial charge on any atom is -0.388 e. The molecule has 0 spiro atoms. The molecule has 146 valence electrons. The van der Waals surface area contributed by atoms with Crippen LogP contribution in [0.1, 0.15) is 36.2 Å². The highest BCUT2D eigenvalue weighted by atomic mass is 16.3. The zero-order valence-corrected chi connectivity index (χ0v) is 16.0. The van der Waals surface area contributed by atoms with E-state index >= 15 is 0 Å². The minimum atomic E-state index is -0.462. The molecule has 0 radical (unpaired) electrons. The maximum absolute atomic E-state index is 11.6. The van der Waals surface area contributed by atoms with Gasteiger partial charge in [-0.1, -0.05) is 60.7 Å². The molecule has 4 nitrogen and oxygen atoms in total. The second-order valence-corrected chi connectivity index (χ2v) is 9.39. The van der Waals surface area contributed by atoms with E-state index in [1.807, 2.05) is 36.4 Å². The molecular weight excluding hydrogens is 348 g/mol. The van der Waals surface area contributed by atoms with E-state index < -0.39 is 12.2 Å². The molecule has 3 saturated carbocycles. The van der Waals surface area contributed by atoms with Crippen LogP contribution in [0, 0.1) is 22.7 Å². The van der Waals surface area contributed by atoms with Gasteiger partial charge in [-0.3, -0.25) is 0 Å². The molecule has 9 rings (SSSR count). The molecule has 2 aromatic rings. The maximum Gasteiger partial charge on any atom is 0.0864 e. The lowest BCUT2D eigenvalue weighted by molar-refractivity contribution is -0.280. The van der Waals surface area contributed by atoms with E-state index in [0.717, 1.165) is 37.1 Å². The number of nitrogens with one attached hydrogen (secondary N) is 2. The Bertz CT molecular complexity index is 801. The number of aliphatic hydroxyl groups is 2. The van der Waals surface area contributed by atoms with Crippen molar-refractivity contribution < 1.29 is 10.2 Å². The molecule has 6 bridgehead atoms. The smallest absolute Gasteiger partial charge is 0.0864 e. The Hall–Kier alpha value is -1.72. The normalized spacial score (nSPS) is 42.5. The highest BCUT2D eigenvalue weighted by Gasteiger charge is 2.75. The van der Waals surface area contributed by atoms with Crippen LogP contribution in [0.25, 0.3) is 0 Å². The van der Waals surface area contributed by atoms with Gasteiger partial charge in [-0.05, 0) is 48.9 Å². The first-order valence-electron chi connectivity index (χ1n) is 10.6. The van der Waals surface area contributed by atoms with Gasteiger partial charge in [0.25, 0.3) is 0 Å². The molecule has 4 aliphatic heterocycles. The topological polar surface area (TPSA) is 64.5 Å². The Labute approximate surface area is 166 Å². The molecule has 28 heavy (non-hydrogen) atoms. The van der Waals surface area contributed by atoms with E-state index in [2.05, 4.69) is 34.9 Å². The highest BCUT2D eigenvalue weighted by Crippen LogP contribution is 2.72. The Morgan fingerprint density at radius 2 is 1.07 bits per heavy atom. The molecule has 4 heteroatoms. The van der Waals surface area contributed by atoms with E-state index in [9.17, 15) is 10.2 Å². The van der Waals surface area contributed by atoms with Crippen LogP contribution in [-0.4, -0.2) is 35.4 Å². The molecule has 4 N–H and O–H groups in total.